The molecule has 0 bridgehead atoms. The van der Waals surface area contributed by atoms with E-state index in [0.717, 1.165) is 23.8 Å². The number of hydrogen-bond acceptors (Lipinski definition) is 13. The van der Waals surface area contributed by atoms with Gasteiger partial charge in [0.05, 0.1) is 54.4 Å². The van der Waals surface area contributed by atoms with E-state index in [0.29, 0.717) is 35.0 Å². The Morgan fingerprint density at radius 1 is 0.797 bits per heavy atom. The van der Waals surface area contributed by atoms with E-state index in [1.165, 1.54) is 28.2 Å². The molecule has 0 unspecified atom stereocenters. The third kappa shape index (κ3) is 15.5. The SMILES string of the molecule is C.CCOC(=O)C(=O)CC(=O)CCc1ccccc1.CCOP(=O)(Cc1csc(NC(=O)c2cc(CCc3ccccc3)nn2-c2ccc(S(C)(=O)=O)cc2)n1)OCC. The van der Waals surface area contributed by atoms with Crippen LogP contribution in [0.5, 0.6) is 0 Å². The summed E-state index contributed by atoms with van der Waals surface area (Å²) >= 11 is 1.20. The number of nitrogens with one attached hydrogen (secondary N) is 1. The summed E-state index contributed by atoms with van der Waals surface area (Å²) < 4.78 is 53.4. The molecule has 3 aromatic carbocycles. The molecule has 0 saturated carbocycles. The summed E-state index contributed by atoms with van der Waals surface area (Å²) in [4.78, 5) is 51.8. The number of ketones is 2. The molecule has 0 fully saturated rings. The van der Waals surface area contributed by atoms with Gasteiger partial charge in [0.15, 0.2) is 15.0 Å². The Hall–Kier alpha value is -5.12. The number of carbonyl (C=O) groups excluding carboxylic acids is 4. The minimum Gasteiger partial charge on any atom is -0.460 e. The molecule has 2 aromatic heterocycles. The van der Waals surface area contributed by atoms with E-state index in [2.05, 4.69) is 20.1 Å². The van der Waals surface area contributed by atoms with Crippen molar-refractivity contribution in [3.63, 3.8) is 0 Å². The van der Waals surface area contributed by atoms with Crippen molar-refractivity contribution < 1.29 is 45.9 Å². The molecule has 0 radical (unpaired) electrons. The molecule has 1 N–H and O–H groups in total. The molecule has 59 heavy (non-hydrogen) atoms. The van der Waals surface area contributed by atoms with Gasteiger partial charge in [-0.2, -0.15) is 5.10 Å². The van der Waals surface area contributed by atoms with Gasteiger partial charge in [-0.3, -0.25) is 24.3 Å². The van der Waals surface area contributed by atoms with Gasteiger partial charge >= 0.3 is 13.6 Å². The number of amides is 1. The third-order valence-corrected chi connectivity index (χ3v) is 12.1. The minimum atomic E-state index is -3.38. The van der Waals surface area contributed by atoms with Gasteiger partial charge in [-0.05, 0) is 81.5 Å². The summed E-state index contributed by atoms with van der Waals surface area (Å²) in [6.07, 6.45) is 2.94. The van der Waals surface area contributed by atoms with Crippen molar-refractivity contribution in [2.45, 2.75) is 71.4 Å². The molecule has 316 valence electrons. The van der Waals surface area contributed by atoms with E-state index in [9.17, 15) is 32.2 Å². The topological polar surface area (TPSA) is 190 Å². The summed E-state index contributed by atoms with van der Waals surface area (Å²) in [6.45, 7) is 5.72. The van der Waals surface area contributed by atoms with Crippen molar-refractivity contribution in [2.75, 3.05) is 31.4 Å². The Morgan fingerprint density at radius 2 is 1.39 bits per heavy atom. The standard InChI is InChI=1S/C27H31N4O6PS2.C14H16O4.CH4/c1-4-36-38(33,37-5-2)18-22-19-39-27(28-22)29-26(32)25-17-21(12-11-20-9-7-6-8-10-20)30-31(25)23-13-15-24(16-14-23)40(3,34)35;1-2-18-14(17)13(16)10-12(15)9-8-11-6-4-3-5-7-11;/h6-10,13-17,19H,4-5,11-12,18H2,1-3H3,(H,28,29,32);3-7H,2,8-10H2,1H3;1H4. The molecule has 2 heterocycles. The summed E-state index contributed by atoms with van der Waals surface area (Å²) in [5.41, 5.74) is 4.18. The van der Waals surface area contributed by atoms with E-state index < -0.39 is 35.1 Å². The zero-order valence-corrected chi connectivity index (χ0v) is 35.3. The molecule has 0 atom stereocenters. The van der Waals surface area contributed by atoms with Gasteiger partial charge in [0, 0.05) is 18.1 Å². The number of hydrogen-bond donors (Lipinski definition) is 1. The van der Waals surface area contributed by atoms with E-state index in [1.54, 1.807) is 44.4 Å². The zero-order chi connectivity index (χ0) is 42.1. The van der Waals surface area contributed by atoms with Crippen LogP contribution in [0.1, 0.15) is 74.0 Å². The average molecular weight is 867 g/mol. The molecule has 0 aliphatic carbocycles. The minimum absolute atomic E-state index is 0. The number of ether oxygens (including phenoxy) is 1. The lowest BCUT2D eigenvalue weighted by Crippen LogP contribution is -2.20. The van der Waals surface area contributed by atoms with Gasteiger partial charge in [-0.1, -0.05) is 68.1 Å². The highest BCUT2D eigenvalue weighted by molar-refractivity contribution is 7.90. The van der Waals surface area contributed by atoms with Crippen LogP contribution in [0, 0.1) is 0 Å². The number of aryl methyl sites for hydroxylation is 3. The fourth-order valence-corrected chi connectivity index (χ4v) is 8.52. The van der Waals surface area contributed by atoms with Crippen molar-refractivity contribution in [3.8, 4) is 5.69 Å². The number of esters is 1. The normalized spacial score (nSPS) is 11.1. The highest BCUT2D eigenvalue weighted by Gasteiger charge is 2.26. The highest BCUT2D eigenvalue weighted by Crippen LogP contribution is 2.51. The lowest BCUT2D eigenvalue weighted by atomic mass is 10.0. The lowest BCUT2D eigenvalue weighted by molar-refractivity contribution is -0.154. The van der Waals surface area contributed by atoms with Gasteiger partial charge < -0.3 is 13.8 Å². The van der Waals surface area contributed by atoms with Crippen LogP contribution in [0.3, 0.4) is 0 Å². The number of sulfone groups is 1. The van der Waals surface area contributed by atoms with Gasteiger partial charge in [0.25, 0.3) is 5.91 Å². The maximum absolute atomic E-state index is 13.4. The van der Waals surface area contributed by atoms with Crippen LogP contribution < -0.4 is 5.32 Å². The van der Waals surface area contributed by atoms with Crippen LogP contribution in [-0.4, -0.2) is 72.7 Å². The maximum atomic E-state index is 13.4. The first kappa shape index (κ1) is 48.3. The fourth-order valence-electron chi connectivity index (χ4n) is 5.46. The molecule has 0 aliphatic rings. The molecule has 14 nitrogen and oxygen atoms in total. The van der Waals surface area contributed by atoms with Gasteiger partial charge in [-0.15, -0.1) is 11.3 Å². The Bertz CT molecular complexity index is 2290. The van der Waals surface area contributed by atoms with E-state index in [-0.39, 0.29) is 62.6 Å². The Labute approximate surface area is 349 Å². The predicted molar refractivity (Wildman–Crippen MR) is 228 cm³/mol. The average Bonchev–Trinajstić information content (AvgIpc) is 3.84. The summed E-state index contributed by atoms with van der Waals surface area (Å²) in [7, 11) is -6.71. The van der Waals surface area contributed by atoms with Crippen molar-refractivity contribution in [3.05, 3.63) is 125 Å². The van der Waals surface area contributed by atoms with E-state index in [1.807, 2.05) is 60.7 Å². The van der Waals surface area contributed by atoms with Gasteiger partial charge in [0.1, 0.15) is 11.5 Å². The summed E-state index contributed by atoms with van der Waals surface area (Å²) in [5.74, 6) is -2.37. The molecule has 0 saturated heterocycles. The first-order valence-electron chi connectivity index (χ1n) is 18.6. The number of carbonyl (C=O) groups is 4. The third-order valence-electron chi connectivity index (χ3n) is 8.19. The van der Waals surface area contributed by atoms with Crippen LogP contribution >= 0.6 is 18.9 Å². The van der Waals surface area contributed by atoms with Crippen LogP contribution in [0.15, 0.2) is 101 Å². The van der Waals surface area contributed by atoms with E-state index in [4.69, 9.17) is 9.05 Å². The molecule has 0 aliphatic heterocycles. The largest absolute Gasteiger partial charge is 0.460 e. The Morgan fingerprint density at radius 3 is 1.95 bits per heavy atom. The Balaban J connectivity index is 0.000000412. The van der Waals surface area contributed by atoms with Gasteiger partial charge in [0.2, 0.25) is 5.78 Å². The molecule has 17 heteroatoms. The number of aromatic nitrogens is 3. The Kier molecular flexibility index (Phi) is 19.2. The monoisotopic (exact) mass is 866 g/mol. The van der Waals surface area contributed by atoms with Crippen molar-refractivity contribution in [2.24, 2.45) is 0 Å². The van der Waals surface area contributed by atoms with Crippen molar-refractivity contribution in [1.29, 1.82) is 0 Å². The molecule has 1 amide bonds. The predicted octanol–water partition coefficient (Wildman–Crippen LogP) is 7.88. The van der Waals surface area contributed by atoms with Crippen molar-refractivity contribution >= 4 is 57.3 Å². The molecular weight excluding hydrogens is 816 g/mol. The summed E-state index contributed by atoms with van der Waals surface area (Å²) in [6, 6.07) is 27.4. The van der Waals surface area contributed by atoms with Crippen LogP contribution in [-0.2, 0) is 68.0 Å². The van der Waals surface area contributed by atoms with Gasteiger partial charge in [-0.25, -0.2) is 22.9 Å². The number of thiazole rings is 1. The fraction of sp³-hybridized carbons (Fsp3) is 0.333. The number of nitrogens with zero attached hydrogens (tertiary/aromatic N) is 3. The van der Waals surface area contributed by atoms with Crippen LogP contribution in [0.4, 0.5) is 5.13 Å². The number of rotatable bonds is 20. The second kappa shape index (κ2) is 23.5. The lowest BCUT2D eigenvalue weighted by Gasteiger charge is -2.15. The highest BCUT2D eigenvalue weighted by atomic mass is 32.2. The second-order valence-electron chi connectivity index (χ2n) is 12.7. The van der Waals surface area contributed by atoms with Crippen LogP contribution in [0.2, 0.25) is 0 Å². The zero-order valence-electron chi connectivity index (χ0n) is 32.8. The van der Waals surface area contributed by atoms with Crippen LogP contribution in [0.25, 0.3) is 5.69 Å². The quantitative estimate of drug-likeness (QED) is 0.0345. The molecular formula is C42H51N4O10PS2. The second-order valence-corrected chi connectivity index (χ2v) is 17.7. The number of benzene rings is 3. The number of Topliss-reactive ketones (excluding diaryl/α,β-unsaturated/α-hetero) is 2. The summed E-state index contributed by atoms with van der Waals surface area (Å²) in [5, 5.41) is 9.49. The first-order chi connectivity index (χ1) is 27.7. The smallest absolute Gasteiger partial charge is 0.375 e. The number of anilines is 1. The molecule has 0 spiro atoms. The molecule has 5 rings (SSSR count). The van der Waals surface area contributed by atoms with Crippen molar-refractivity contribution in [1.82, 2.24) is 14.8 Å². The maximum Gasteiger partial charge on any atom is 0.375 e. The first-order valence-corrected chi connectivity index (χ1v) is 23.1. The van der Waals surface area contributed by atoms with E-state index >= 15 is 0 Å². The molecule has 5 aromatic rings.